The molecule has 7 rings (SSSR count). The fourth-order valence-electron chi connectivity index (χ4n) is 9.49. The number of hydrogen-bond donors (Lipinski definition) is 6. The largest absolute Gasteiger partial charge is 0.465 e. The van der Waals surface area contributed by atoms with Crippen molar-refractivity contribution in [2.24, 2.45) is 10.8 Å². The highest BCUT2D eigenvalue weighted by Crippen LogP contribution is 2.42. The number of carboxylic acid groups (broad SMARTS) is 1. The number of rotatable bonds is 19. The number of alkyl halides is 8. The van der Waals surface area contributed by atoms with Crippen LogP contribution < -0.4 is 26.3 Å². The summed E-state index contributed by atoms with van der Waals surface area (Å²) in [6.45, 7) is -0.319. The van der Waals surface area contributed by atoms with Gasteiger partial charge in [0.15, 0.2) is 0 Å². The van der Waals surface area contributed by atoms with Crippen molar-refractivity contribution in [3.05, 3.63) is 95.2 Å². The van der Waals surface area contributed by atoms with Gasteiger partial charge in [0, 0.05) is 73.5 Å². The molecule has 5 heterocycles. The number of piperazine rings is 1. The summed E-state index contributed by atoms with van der Waals surface area (Å²) >= 11 is 0. The van der Waals surface area contributed by atoms with Crippen molar-refractivity contribution >= 4 is 29.9 Å². The maximum atomic E-state index is 16.0. The summed E-state index contributed by atoms with van der Waals surface area (Å²) in [5.41, 5.74) is -4.79. The predicted octanol–water partition coefficient (Wildman–Crippen LogP) is 5.92. The van der Waals surface area contributed by atoms with E-state index in [1.165, 1.54) is 29.6 Å². The number of benzene rings is 2. The number of nitrogens with zero attached hydrogens (tertiary/aromatic N) is 7. The summed E-state index contributed by atoms with van der Waals surface area (Å²) in [6.07, 6.45) is -10.0. The molecule has 6 atom stereocenters. The Labute approximate surface area is 451 Å². The Kier molecular flexibility index (Phi) is 18.3. The number of amides is 4. The van der Waals surface area contributed by atoms with Crippen molar-refractivity contribution < 1.29 is 82.8 Å². The van der Waals surface area contributed by atoms with E-state index in [-0.39, 0.29) is 16.8 Å². The van der Waals surface area contributed by atoms with Gasteiger partial charge in [0.05, 0.1) is 66.9 Å². The summed E-state index contributed by atoms with van der Waals surface area (Å²) in [7, 11) is 0.773. The number of nitrogens with one attached hydrogen (secondary N) is 4. The molecule has 0 saturated carbocycles. The lowest BCUT2D eigenvalue weighted by molar-refractivity contribution is -0.221. The third-order valence-corrected chi connectivity index (χ3v) is 14.5. The molecule has 3 aliphatic heterocycles. The molecule has 434 valence electrons. The Morgan fingerprint density at radius 3 is 1.88 bits per heavy atom. The molecule has 3 saturated heterocycles. The molecule has 0 radical (unpaired) electrons. The van der Waals surface area contributed by atoms with Crippen molar-refractivity contribution in [3.8, 4) is 23.1 Å². The number of alkyl carbamates (subject to hydrolysis) is 1. The van der Waals surface area contributed by atoms with Crippen LogP contribution in [0.15, 0.2) is 61.3 Å². The van der Waals surface area contributed by atoms with Crippen LogP contribution in [0, 0.1) is 34.3 Å². The lowest BCUT2D eigenvalue weighted by Crippen LogP contribution is -2.63. The first-order chi connectivity index (χ1) is 37.5. The van der Waals surface area contributed by atoms with E-state index in [0.717, 1.165) is 52.5 Å². The van der Waals surface area contributed by atoms with Gasteiger partial charge in [0.2, 0.25) is 11.9 Å². The number of ether oxygens (including phenoxy) is 2. The molecule has 6 N–H and O–H groups in total. The Bertz CT molecular complexity index is 2890. The Morgan fingerprint density at radius 1 is 0.812 bits per heavy atom. The quantitative estimate of drug-likeness (QED) is 0.0364. The van der Waals surface area contributed by atoms with Crippen LogP contribution >= 0.6 is 0 Å². The molecule has 6 unspecified atom stereocenters. The highest BCUT2D eigenvalue weighted by molar-refractivity contribution is 5.87. The fraction of sp³-hybridized carbons (Fsp3) is 0.510. The van der Waals surface area contributed by atoms with E-state index in [4.69, 9.17) is 4.74 Å². The lowest BCUT2D eigenvalue weighted by atomic mass is 9.82. The van der Waals surface area contributed by atoms with Crippen LogP contribution in [0.4, 0.5) is 59.4 Å². The molecule has 2 bridgehead atoms. The van der Waals surface area contributed by atoms with Crippen LogP contribution in [0.3, 0.4) is 0 Å². The van der Waals surface area contributed by atoms with Gasteiger partial charge in [-0.15, -0.1) is 0 Å². The van der Waals surface area contributed by atoms with Gasteiger partial charge in [-0.05, 0) is 76.8 Å². The van der Waals surface area contributed by atoms with Gasteiger partial charge in [-0.2, -0.15) is 35.1 Å². The van der Waals surface area contributed by atoms with E-state index >= 15 is 8.78 Å². The second-order valence-electron chi connectivity index (χ2n) is 20.7. The molecule has 0 spiro atoms. The van der Waals surface area contributed by atoms with Gasteiger partial charge in [-0.3, -0.25) is 24.5 Å². The van der Waals surface area contributed by atoms with E-state index < -0.39 is 115 Å². The number of anilines is 1. The molecular formula is C51H57F10N11O8. The Balaban J connectivity index is 1.17. The van der Waals surface area contributed by atoms with Gasteiger partial charge in [0.1, 0.15) is 23.7 Å². The highest BCUT2D eigenvalue weighted by atomic mass is 19.4. The second-order valence-corrected chi connectivity index (χ2v) is 20.7. The number of halogens is 10. The zero-order chi connectivity index (χ0) is 58.6. The minimum Gasteiger partial charge on any atom is -0.465 e. The molecule has 2 aromatic carbocycles. The first-order valence-electron chi connectivity index (χ1n) is 24.8. The Hall–Kier alpha value is -7.29. The van der Waals surface area contributed by atoms with Crippen molar-refractivity contribution in [2.75, 3.05) is 44.9 Å². The van der Waals surface area contributed by atoms with Crippen molar-refractivity contribution in [1.29, 1.82) is 0 Å². The van der Waals surface area contributed by atoms with Crippen molar-refractivity contribution in [3.63, 3.8) is 0 Å². The SMILES string of the molecule is COC(=O)NC(C(=O)NN(Cc1c(F)cc(-c2cn(C(F)F)cn2)cc1F)CC(O)C(Cc1ccc(C#Cc2cnc(N3CC4CCC(C3)N4C3COC3)nc2)cc1)NC(=O)C(NC(=O)O)C(C)(C)C(F)(F)F)C(C)(C)C(F)(F)F. The van der Waals surface area contributed by atoms with E-state index in [9.17, 15) is 64.5 Å². The lowest BCUT2D eigenvalue weighted by Gasteiger charge is -2.47. The van der Waals surface area contributed by atoms with Crippen LogP contribution in [-0.2, 0) is 32.0 Å². The molecule has 3 aliphatic rings. The van der Waals surface area contributed by atoms with Crippen molar-refractivity contribution in [2.45, 2.75) is 115 Å². The summed E-state index contributed by atoms with van der Waals surface area (Å²) in [5.74, 6) is 0.245. The number of carbonyl (C=O) groups is 4. The van der Waals surface area contributed by atoms with E-state index in [0.29, 0.717) is 90.9 Å². The number of aliphatic hydroxyl groups is 1. The van der Waals surface area contributed by atoms with Gasteiger partial charge in [0.25, 0.3) is 5.91 Å². The van der Waals surface area contributed by atoms with Gasteiger partial charge >= 0.3 is 31.1 Å². The van der Waals surface area contributed by atoms with Crippen LogP contribution in [0.5, 0.6) is 0 Å². The summed E-state index contributed by atoms with van der Waals surface area (Å²) in [4.78, 5) is 69.5. The molecule has 29 heteroatoms. The maximum absolute atomic E-state index is 16.0. The molecule has 80 heavy (non-hydrogen) atoms. The average Bonchev–Trinajstić information content (AvgIpc) is 3.96. The number of fused-ring (bicyclic) bond motifs is 2. The third-order valence-electron chi connectivity index (χ3n) is 14.5. The molecule has 4 amide bonds. The number of methoxy groups -OCH3 is 1. The number of hydrogen-bond acceptors (Lipinski definition) is 13. The number of imidazole rings is 1. The minimum absolute atomic E-state index is 0.233. The molecule has 0 aliphatic carbocycles. The molecule has 4 aromatic rings. The number of aromatic nitrogens is 4. The molecular weight excluding hydrogens is 1080 g/mol. The van der Waals surface area contributed by atoms with Gasteiger partial charge in [-0.1, -0.05) is 24.0 Å². The maximum Gasteiger partial charge on any atom is 0.407 e. The first kappa shape index (κ1) is 60.4. The Morgan fingerprint density at radius 2 is 1.38 bits per heavy atom. The standard InChI is InChI=1S/C51H57F10N11O8/c1-48(2,50(56,57)58)40(66-46(76)77)42(74)65-37(14-28-9-6-27(7-10-28)8-11-29-17-62-45(63-18-29)69-19-31-12-13-32(20-69)72(31)33-24-80-25-33)39(73)23-71(68-43(75)41(67-47(78)79-5)49(3,4)51(59,60)61)21-34-35(52)15-30(16-36(34)53)38-22-70(26-64-38)44(54)55/h6-7,9-10,15-18,22,26,31-33,37,39-41,44,66,73H,12-14,19-21,23-25H2,1-5H3,(H,65,74)(H,67,78)(H,68,75)(H,76,77). The smallest absolute Gasteiger partial charge is 0.407 e. The number of hydrazine groups is 1. The monoisotopic (exact) mass is 1140 g/mol. The summed E-state index contributed by atoms with van der Waals surface area (Å²) in [6, 6.07) is 1.37. The highest BCUT2D eigenvalue weighted by Gasteiger charge is 2.57. The van der Waals surface area contributed by atoms with Crippen LogP contribution in [0.2, 0.25) is 0 Å². The second kappa shape index (κ2) is 24.2. The van der Waals surface area contributed by atoms with Crippen LogP contribution in [0.1, 0.15) is 69.3 Å². The minimum atomic E-state index is -5.24. The van der Waals surface area contributed by atoms with Gasteiger partial charge < -0.3 is 40.5 Å². The van der Waals surface area contributed by atoms with E-state index in [1.807, 2.05) is 5.43 Å². The topological polar surface area (TPSA) is 229 Å². The zero-order valence-corrected chi connectivity index (χ0v) is 43.5. The predicted molar refractivity (Wildman–Crippen MR) is 263 cm³/mol. The summed E-state index contributed by atoms with van der Waals surface area (Å²) < 4.78 is 156. The zero-order valence-electron chi connectivity index (χ0n) is 43.5. The summed E-state index contributed by atoms with van der Waals surface area (Å²) in [5, 5.41) is 27.5. The van der Waals surface area contributed by atoms with Crippen LogP contribution in [-0.4, -0.2) is 158 Å². The average molecular weight is 1140 g/mol. The molecule has 3 fully saturated rings. The number of carbonyl (C=O) groups excluding carboxylic acids is 3. The molecule has 2 aromatic heterocycles. The first-order valence-corrected chi connectivity index (χ1v) is 24.8. The third kappa shape index (κ3) is 13.8. The van der Waals surface area contributed by atoms with E-state index in [2.05, 4.69) is 46.6 Å². The molecule has 19 nitrogen and oxygen atoms in total. The fourth-order valence-corrected chi connectivity index (χ4v) is 9.49. The van der Waals surface area contributed by atoms with Crippen LogP contribution in [0.25, 0.3) is 11.3 Å². The normalized spacial score (nSPS) is 18.6. The van der Waals surface area contributed by atoms with Gasteiger partial charge in [-0.25, -0.2) is 38.3 Å². The van der Waals surface area contributed by atoms with Crippen molar-refractivity contribution in [1.82, 2.24) is 50.8 Å². The van der Waals surface area contributed by atoms with E-state index in [1.54, 1.807) is 17.7 Å². The number of aliphatic hydroxyl groups excluding tert-OH is 1.